The molecule has 1 unspecified atom stereocenters. The van der Waals surface area contributed by atoms with E-state index in [4.69, 9.17) is 0 Å². The Morgan fingerprint density at radius 1 is 1.42 bits per heavy atom. The standard InChI is InChI=1S/C15H20N2O2/c1-3-10(2)16-15(19)9-11-4-6-13-12(8-11)5-7-14(18)17-13/h4,6,8,10H,3,5,7,9H2,1-2H3,(H,16,19)(H,17,18). The maximum absolute atomic E-state index is 11.8. The number of hydrogen-bond donors (Lipinski definition) is 2. The summed E-state index contributed by atoms with van der Waals surface area (Å²) in [6.45, 7) is 4.05. The number of aryl methyl sites for hydroxylation is 1. The third-order valence-corrected chi connectivity index (χ3v) is 3.45. The number of hydrogen-bond acceptors (Lipinski definition) is 2. The molecule has 1 aromatic carbocycles. The molecule has 1 atom stereocenters. The Morgan fingerprint density at radius 2 is 2.21 bits per heavy atom. The van der Waals surface area contributed by atoms with Crippen molar-refractivity contribution in [3.63, 3.8) is 0 Å². The molecule has 4 nitrogen and oxygen atoms in total. The van der Waals surface area contributed by atoms with Gasteiger partial charge in [0.05, 0.1) is 6.42 Å². The molecule has 2 amide bonds. The number of carbonyl (C=O) groups excluding carboxylic acids is 2. The van der Waals surface area contributed by atoms with Crippen LogP contribution in [-0.4, -0.2) is 17.9 Å². The maximum Gasteiger partial charge on any atom is 0.224 e. The highest BCUT2D eigenvalue weighted by molar-refractivity contribution is 5.94. The number of fused-ring (bicyclic) bond motifs is 1. The third-order valence-electron chi connectivity index (χ3n) is 3.45. The number of rotatable bonds is 4. The Kier molecular flexibility index (Phi) is 4.20. The van der Waals surface area contributed by atoms with Crippen molar-refractivity contribution in [3.8, 4) is 0 Å². The van der Waals surface area contributed by atoms with Crippen molar-refractivity contribution in [2.75, 3.05) is 5.32 Å². The molecular weight excluding hydrogens is 240 g/mol. The molecule has 1 aromatic rings. The predicted octanol–water partition coefficient (Wildman–Crippen LogP) is 2.03. The minimum Gasteiger partial charge on any atom is -0.353 e. The summed E-state index contributed by atoms with van der Waals surface area (Å²) in [7, 11) is 0. The van der Waals surface area contributed by atoms with Crippen molar-refractivity contribution in [1.29, 1.82) is 0 Å². The normalized spacial score (nSPS) is 15.4. The summed E-state index contributed by atoms with van der Waals surface area (Å²) >= 11 is 0. The van der Waals surface area contributed by atoms with Gasteiger partial charge in [-0.3, -0.25) is 9.59 Å². The van der Waals surface area contributed by atoms with Gasteiger partial charge >= 0.3 is 0 Å². The minimum atomic E-state index is 0.0501. The highest BCUT2D eigenvalue weighted by Crippen LogP contribution is 2.23. The molecule has 0 bridgehead atoms. The summed E-state index contributed by atoms with van der Waals surface area (Å²) < 4.78 is 0. The van der Waals surface area contributed by atoms with E-state index in [2.05, 4.69) is 10.6 Å². The lowest BCUT2D eigenvalue weighted by atomic mass is 9.99. The number of nitrogens with one attached hydrogen (secondary N) is 2. The largest absolute Gasteiger partial charge is 0.353 e. The molecule has 4 heteroatoms. The second-order valence-electron chi connectivity index (χ2n) is 5.09. The molecule has 1 aliphatic heterocycles. The van der Waals surface area contributed by atoms with E-state index in [0.717, 1.165) is 29.7 Å². The Bertz CT molecular complexity index is 497. The van der Waals surface area contributed by atoms with E-state index in [1.807, 2.05) is 32.0 Å². The molecule has 2 rings (SSSR count). The second-order valence-corrected chi connectivity index (χ2v) is 5.09. The molecule has 1 heterocycles. The van der Waals surface area contributed by atoms with E-state index in [1.54, 1.807) is 0 Å². The van der Waals surface area contributed by atoms with Gasteiger partial charge in [0.25, 0.3) is 0 Å². The average Bonchev–Trinajstić information content (AvgIpc) is 2.38. The smallest absolute Gasteiger partial charge is 0.224 e. The van der Waals surface area contributed by atoms with Gasteiger partial charge in [-0.05, 0) is 37.0 Å². The maximum atomic E-state index is 11.8. The van der Waals surface area contributed by atoms with E-state index in [9.17, 15) is 9.59 Å². The van der Waals surface area contributed by atoms with Gasteiger partial charge in [-0.2, -0.15) is 0 Å². The van der Waals surface area contributed by atoms with Gasteiger partial charge in [-0.25, -0.2) is 0 Å². The third kappa shape index (κ3) is 3.56. The average molecular weight is 260 g/mol. The number of anilines is 1. The van der Waals surface area contributed by atoms with Gasteiger partial charge in [0.1, 0.15) is 0 Å². The molecule has 0 spiro atoms. The van der Waals surface area contributed by atoms with Crippen LogP contribution in [0.2, 0.25) is 0 Å². The lowest BCUT2D eigenvalue weighted by molar-refractivity contribution is -0.121. The second kappa shape index (κ2) is 5.87. The SMILES string of the molecule is CCC(C)NC(=O)Cc1ccc2c(c1)CCC(=O)N2. The van der Waals surface area contributed by atoms with E-state index >= 15 is 0 Å². The molecule has 0 radical (unpaired) electrons. The van der Waals surface area contributed by atoms with Crippen molar-refractivity contribution in [1.82, 2.24) is 5.32 Å². The van der Waals surface area contributed by atoms with Crippen molar-refractivity contribution >= 4 is 17.5 Å². The first-order valence-corrected chi connectivity index (χ1v) is 6.79. The zero-order valence-corrected chi connectivity index (χ0v) is 11.5. The van der Waals surface area contributed by atoms with Crippen molar-refractivity contribution in [3.05, 3.63) is 29.3 Å². The molecular formula is C15H20N2O2. The van der Waals surface area contributed by atoms with Crippen LogP contribution in [0.3, 0.4) is 0 Å². The molecule has 0 saturated heterocycles. The van der Waals surface area contributed by atoms with Crippen LogP contribution in [0.1, 0.15) is 37.8 Å². The van der Waals surface area contributed by atoms with Crippen LogP contribution in [0.5, 0.6) is 0 Å². The molecule has 0 saturated carbocycles. The number of benzene rings is 1. The van der Waals surface area contributed by atoms with E-state index < -0.39 is 0 Å². The molecule has 0 aliphatic carbocycles. The molecule has 1 aliphatic rings. The molecule has 2 N–H and O–H groups in total. The van der Waals surface area contributed by atoms with Crippen LogP contribution in [0.25, 0.3) is 0 Å². The quantitative estimate of drug-likeness (QED) is 0.870. The number of amides is 2. The first-order chi connectivity index (χ1) is 9.08. The molecule has 0 fully saturated rings. The van der Waals surface area contributed by atoms with Gasteiger partial charge in [0.15, 0.2) is 0 Å². The molecule has 0 aromatic heterocycles. The summed E-state index contributed by atoms with van der Waals surface area (Å²) in [5, 5.41) is 5.80. The topological polar surface area (TPSA) is 58.2 Å². The number of carbonyl (C=O) groups is 2. The summed E-state index contributed by atoms with van der Waals surface area (Å²) in [5.74, 6) is 0.115. The zero-order valence-electron chi connectivity index (χ0n) is 11.5. The van der Waals surface area contributed by atoms with E-state index in [0.29, 0.717) is 12.8 Å². The van der Waals surface area contributed by atoms with E-state index in [-0.39, 0.29) is 17.9 Å². The Balaban J connectivity index is 2.02. The van der Waals surface area contributed by atoms with Crippen LogP contribution < -0.4 is 10.6 Å². The van der Waals surface area contributed by atoms with Crippen LogP contribution in [0.4, 0.5) is 5.69 Å². The van der Waals surface area contributed by atoms with Gasteiger partial charge in [0.2, 0.25) is 11.8 Å². The Morgan fingerprint density at radius 3 is 2.95 bits per heavy atom. The highest BCUT2D eigenvalue weighted by atomic mass is 16.2. The Labute approximate surface area is 113 Å². The fourth-order valence-corrected chi connectivity index (χ4v) is 2.16. The van der Waals surface area contributed by atoms with Crippen LogP contribution in [0, 0.1) is 0 Å². The fourth-order valence-electron chi connectivity index (χ4n) is 2.16. The van der Waals surface area contributed by atoms with Gasteiger partial charge in [-0.15, -0.1) is 0 Å². The predicted molar refractivity (Wildman–Crippen MR) is 75.0 cm³/mol. The Hall–Kier alpha value is -1.84. The van der Waals surface area contributed by atoms with Crippen LogP contribution in [-0.2, 0) is 22.4 Å². The lowest BCUT2D eigenvalue weighted by Crippen LogP contribution is -2.33. The summed E-state index contributed by atoms with van der Waals surface area (Å²) in [4.78, 5) is 23.1. The monoisotopic (exact) mass is 260 g/mol. The van der Waals surface area contributed by atoms with Crippen molar-refractivity contribution in [2.24, 2.45) is 0 Å². The fraction of sp³-hybridized carbons (Fsp3) is 0.467. The van der Waals surface area contributed by atoms with E-state index in [1.165, 1.54) is 0 Å². The zero-order chi connectivity index (χ0) is 13.8. The highest BCUT2D eigenvalue weighted by Gasteiger charge is 2.15. The van der Waals surface area contributed by atoms with Crippen LogP contribution in [0.15, 0.2) is 18.2 Å². The van der Waals surface area contributed by atoms with Crippen molar-refractivity contribution < 1.29 is 9.59 Å². The summed E-state index contributed by atoms with van der Waals surface area (Å²) in [5.41, 5.74) is 2.99. The lowest BCUT2D eigenvalue weighted by Gasteiger charge is -2.18. The van der Waals surface area contributed by atoms with Gasteiger partial charge < -0.3 is 10.6 Å². The summed E-state index contributed by atoms with van der Waals surface area (Å²) in [6, 6.07) is 6.02. The van der Waals surface area contributed by atoms with Gasteiger partial charge in [-0.1, -0.05) is 19.1 Å². The van der Waals surface area contributed by atoms with Gasteiger partial charge in [0, 0.05) is 18.2 Å². The summed E-state index contributed by atoms with van der Waals surface area (Å²) in [6.07, 6.45) is 2.60. The molecule has 102 valence electrons. The van der Waals surface area contributed by atoms with Crippen molar-refractivity contribution in [2.45, 2.75) is 45.6 Å². The molecule has 19 heavy (non-hydrogen) atoms. The first kappa shape index (κ1) is 13.6. The minimum absolute atomic E-state index is 0.0501. The van der Waals surface area contributed by atoms with Crippen LogP contribution >= 0.6 is 0 Å². The first-order valence-electron chi connectivity index (χ1n) is 6.79.